The van der Waals surface area contributed by atoms with E-state index in [4.69, 9.17) is 9.15 Å². The molecular weight excluding hydrogens is 354 g/mol. The summed E-state index contributed by atoms with van der Waals surface area (Å²) in [6.45, 7) is 2.03. The third-order valence-corrected chi connectivity index (χ3v) is 4.95. The van der Waals surface area contributed by atoms with Gasteiger partial charge >= 0.3 is 0 Å². The molecule has 1 N–H and O–H groups in total. The van der Waals surface area contributed by atoms with Gasteiger partial charge in [0, 0.05) is 19.2 Å². The maximum atomic E-state index is 12.6. The Morgan fingerprint density at radius 2 is 1.86 bits per heavy atom. The zero-order valence-corrected chi connectivity index (χ0v) is 15.9. The molecule has 6 heteroatoms. The van der Waals surface area contributed by atoms with E-state index in [1.165, 1.54) is 25.5 Å². The predicted molar refractivity (Wildman–Crippen MR) is 110 cm³/mol. The topological polar surface area (TPSA) is 67.1 Å². The summed E-state index contributed by atoms with van der Waals surface area (Å²) in [6, 6.07) is 15.3. The molecule has 0 unspecified atom stereocenters. The van der Waals surface area contributed by atoms with E-state index in [1.54, 1.807) is 13.2 Å². The number of hydrogen-bond donors (Lipinski definition) is 1. The van der Waals surface area contributed by atoms with Gasteiger partial charge in [0.1, 0.15) is 11.5 Å². The number of hydrogen-bond acceptors (Lipinski definition) is 5. The summed E-state index contributed by atoms with van der Waals surface area (Å²) in [6.07, 6.45) is 5.16. The lowest BCUT2D eigenvalue weighted by molar-refractivity contribution is 0.0952. The highest BCUT2D eigenvalue weighted by Gasteiger charge is 2.15. The third-order valence-electron chi connectivity index (χ3n) is 4.95. The monoisotopic (exact) mass is 377 g/mol. The number of hydrazone groups is 1. The van der Waals surface area contributed by atoms with Gasteiger partial charge in [0.2, 0.25) is 0 Å². The van der Waals surface area contributed by atoms with Crippen LogP contribution in [0.3, 0.4) is 0 Å². The van der Waals surface area contributed by atoms with Gasteiger partial charge in [-0.25, -0.2) is 5.43 Å². The lowest BCUT2D eigenvalue weighted by Gasteiger charge is -2.25. The van der Waals surface area contributed by atoms with Crippen molar-refractivity contribution in [2.45, 2.75) is 19.3 Å². The van der Waals surface area contributed by atoms with Gasteiger partial charge in [-0.3, -0.25) is 4.79 Å². The summed E-state index contributed by atoms with van der Waals surface area (Å²) in [7, 11) is 1.55. The summed E-state index contributed by atoms with van der Waals surface area (Å²) in [4.78, 5) is 14.8. The minimum atomic E-state index is -0.332. The van der Waals surface area contributed by atoms with E-state index in [9.17, 15) is 4.79 Å². The summed E-state index contributed by atoms with van der Waals surface area (Å²) in [5.41, 5.74) is 2.99. The van der Waals surface area contributed by atoms with E-state index < -0.39 is 0 Å². The quantitative estimate of drug-likeness (QED) is 0.535. The molecule has 144 valence electrons. The van der Waals surface area contributed by atoms with Crippen molar-refractivity contribution in [2.75, 3.05) is 25.1 Å². The summed E-state index contributed by atoms with van der Waals surface area (Å²) in [5, 5.41) is 6.02. The van der Waals surface area contributed by atoms with Crippen molar-refractivity contribution in [1.29, 1.82) is 0 Å². The molecule has 1 aliphatic rings. The number of fused-ring (bicyclic) bond motifs is 1. The lowest BCUT2D eigenvalue weighted by atomic mass is 10.1. The second kappa shape index (κ2) is 8.17. The number of carbonyl (C=O) groups excluding carboxylic acids is 1. The molecule has 2 heterocycles. The number of nitrogens with zero attached hydrogens (tertiary/aromatic N) is 2. The van der Waals surface area contributed by atoms with Gasteiger partial charge in [0.15, 0.2) is 5.88 Å². The molecule has 0 aliphatic carbocycles. The van der Waals surface area contributed by atoms with Gasteiger partial charge in [-0.1, -0.05) is 24.3 Å². The van der Waals surface area contributed by atoms with E-state index >= 15 is 0 Å². The maximum Gasteiger partial charge on any atom is 0.275 e. The van der Waals surface area contributed by atoms with E-state index in [2.05, 4.69) is 15.4 Å². The second-order valence-corrected chi connectivity index (χ2v) is 6.82. The van der Waals surface area contributed by atoms with Crippen LogP contribution in [0.25, 0.3) is 10.8 Å². The molecule has 1 fully saturated rings. The number of carbonyl (C=O) groups is 1. The fraction of sp³-hybridized carbons (Fsp3) is 0.273. The van der Waals surface area contributed by atoms with Gasteiger partial charge < -0.3 is 14.1 Å². The fourth-order valence-electron chi connectivity index (χ4n) is 3.48. The number of amides is 1. The largest absolute Gasteiger partial charge is 0.496 e. The van der Waals surface area contributed by atoms with Crippen LogP contribution < -0.4 is 15.1 Å². The number of ether oxygens (including phenoxy) is 1. The molecule has 1 amide bonds. The van der Waals surface area contributed by atoms with Crippen LogP contribution in [0.2, 0.25) is 0 Å². The van der Waals surface area contributed by atoms with Gasteiger partial charge in [-0.2, -0.15) is 5.10 Å². The molecule has 1 saturated heterocycles. The SMILES string of the molecule is COc1cc2ccccc2cc1C(=O)N/N=C\c1ccc(N2CCCCC2)o1. The molecule has 1 aliphatic heterocycles. The Bertz CT molecular complexity index is 1000. The van der Waals surface area contributed by atoms with Gasteiger partial charge in [0.25, 0.3) is 5.91 Å². The molecule has 0 saturated carbocycles. The molecule has 4 rings (SSSR count). The van der Waals surface area contributed by atoms with Crippen LogP contribution in [-0.2, 0) is 0 Å². The Labute approximate surface area is 163 Å². The highest BCUT2D eigenvalue weighted by Crippen LogP contribution is 2.26. The molecule has 28 heavy (non-hydrogen) atoms. The predicted octanol–water partition coefficient (Wildman–Crippen LogP) is 4.20. The van der Waals surface area contributed by atoms with Gasteiger partial charge in [-0.05, 0) is 48.2 Å². The van der Waals surface area contributed by atoms with Crippen LogP contribution in [0.5, 0.6) is 5.75 Å². The highest BCUT2D eigenvalue weighted by molar-refractivity contribution is 6.01. The minimum absolute atomic E-state index is 0.332. The van der Waals surface area contributed by atoms with Crippen molar-refractivity contribution in [2.24, 2.45) is 5.10 Å². The summed E-state index contributed by atoms with van der Waals surface area (Å²) < 4.78 is 11.2. The Balaban J connectivity index is 1.45. The first-order valence-electron chi connectivity index (χ1n) is 9.49. The Morgan fingerprint density at radius 1 is 1.11 bits per heavy atom. The van der Waals surface area contributed by atoms with E-state index in [1.807, 2.05) is 42.5 Å². The van der Waals surface area contributed by atoms with Crippen LogP contribution in [0.1, 0.15) is 35.4 Å². The Morgan fingerprint density at radius 3 is 2.61 bits per heavy atom. The fourth-order valence-corrected chi connectivity index (χ4v) is 3.48. The van der Waals surface area contributed by atoms with Gasteiger partial charge in [-0.15, -0.1) is 0 Å². The summed E-state index contributed by atoms with van der Waals surface area (Å²) in [5.74, 6) is 1.63. The van der Waals surface area contributed by atoms with Crippen molar-refractivity contribution in [3.8, 4) is 5.75 Å². The highest BCUT2D eigenvalue weighted by atomic mass is 16.5. The molecule has 0 bridgehead atoms. The molecule has 1 aromatic heterocycles. The zero-order valence-electron chi connectivity index (χ0n) is 15.9. The van der Waals surface area contributed by atoms with Crippen LogP contribution in [-0.4, -0.2) is 32.3 Å². The minimum Gasteiger partial charge on any atom is -0.496 e. The van der Waals surface area contributed by atoms with E-state index in [-0.39, 0.29) is 5.91 Å². The maximum absolute atomic E-state index is 12.6. The summed E-state index contributed by atoms with van der Waals surface area (Å²) >= 11 is 0. The molecule has 0 atom stereocenters. The van der Waals surface area contributed by atoms with Crippen molar-refractivity contribution in [3.05, 3.63) is 59.9 Å². The smallest absolute Gasteiger partial charge is 0.275 e. The van der Waals surface area contributed by atoms with Crippen LogP contribution in [0.4, 0.5) is 5.88 Å². The normalized spacial score (nSPS) is 14.5. The first kappa shape index (κ1) is 18.1. The Kier molecular flexibility index (Phi) is 5.28. The van der Waals surface area contributed by atoms with Crippen molar-refractivity contribution in [3.63, 3.8) is 0 Å². The molecule has 0 radical (unpaired) electrons. The number of methoxy groups -OCH3 is 1. The average molecular weight is 377 g/mol. The zero-order chi connectivity index (χ0) is 19.3. The molecule has 6 nitrogen and oxygen atoms in total. The lowest BCUT2D eigenvalue weighted by Crippen LogP contribution is -2.28. The standard InChI is InChI=1S/C22H23N3O3/c1-27-20-14-17-8-4-3-7-16(17)13-19(20)22(26)24-23-15-18-9-10-21(28-18)25-11-5-2-6-12-25/h3-4,7-10,13-15H,2,5-6,11-12H2,1H3,(H,24,26)/b23-15-. The van der Waals surface area contributed by atoms with E-state index in [0.29, 0.717) is 17.1 Å². The van der Waals surface area contributed by atoms with Crippen LogP contribution >= 0.6 is 0 Å². The molecule has 2 aromatic carbocycles. The van der Waals surface area contributed by atoms with Crippen molar-refractivity contribution >= 4 is 28.8 Å². The van der Waals surface area contributed by atoms with Crippen molar-refractivity contribution in [1.82, 2.24) is 5.43 Å². The number of benzene rings is 2. The van der Waals surface area contributed by atoms with Crippen LogP contribution in [0.15, 0.2) is 58.0 Å². The molecule has 0 spiro atoms. The van der Waals surface area contributed by atoms with Crippen LogP contribution in [0, 0.1) is 0 Å². The number of piperidine rings is 1. The number of nitrogens with one attached hydrogen (secondary N) is 1. The number of rotatable bonds is 5. The van der Waals surface area contributed by atoms with E-state index in [0.717, 1.165) is 29.7 Å². The third kappa shape index (κ3) is 3.86. The molecule has 3 aromatic rings. The second-order valence-electron chi connectivity index (χ2n) is 6.82. The first-order valence-corrected chi connectivity index (χ1v) is 9.49. The average Bonchev–Trinajstić information content (AvgIpc) is 3.22. The van der Waals surface area contributed by atoms with Crippen molar-refractivity contribution < 1.29 is 13.9 Å². The number of anilines is 1. The first-order chi connectivity index (χ1) is 13.7. The van der Waals surface area contributed by atoms with Gasteiger partial charge in [0.05, 0.1) is 18.9 Å². The molecular formula is C22H23N3O3. The number of furan rings is 1. The Hall–Kier alpha value is -3.28.